The van der Waals surface area contributed by atoms with Crippen LogP contribution in [0.4, 0.5) is 20.4 Å². The Balaban J connectivity index is 1.47. The monoisotopic (exact) mass is 466 g/mol. The van der Waals surface area contributed by atoms with Crippen molar-refractivity contribution in [3.8, 4) is 11.8 Å². The number of rotatable bonds is 5. The topological polar surface area (TPSA) is 65.9 Å². The molecule has 7 nitrogen and oxygen atoms in total. The molecular weight excluding hydrogens is 438 g/mol. The Labute approximate surface area is 197 Å². The second-order valence-corrected chi connectivity index (χ2v) is 8.96. The number of nitrogens with one attached hydrogen (secondary N) is 1. The molecule has 0 unspecified atom stereocenters. The quantitative estimate of drug-likeness (QED) is 0.704. The number of likely N-dealkylation sites (N-methyl/N-ethyl adjacent to an activating group) is 1. The number of amidine groups is 1. The van der Waals surface area contributed by atoms with Crippen LogP contribution in [0.1, 0.15) is 31.9 Å². The molecule has 1 N–H and O–H groups in total. The molecule has 3 heterocycles. The second kappa shape index (κ2) is 9.13. The molecule has 178 valence electrons. The number of anilines is 2. The van der Waals surface area contributed by atoms with Gasteiger partial charge in [0, 0.05) is 49.4 Å². The number of fused-ring (bicyclic) bond motifs is 1. The predicted octanol–water partition coefficient (Wildman–Crippen LogP) is 4.42. The van der Waals surface area contributed by atoms with Crippen molar-refractivity contribution in [1.29, 1.82) is 0 Å². The zero-order valence-electron chi connectivity index (χ0n) is 19.7. The van der Waals surface area contributed by atoms with Crippen LogP contribution in [0.25, 0.3) is 6.08 Å². The fourth-order valence-corrected chi connectivity index (χ4v) is 4.46. The number of piperazine rings is 1. The van der Waals surface area contributed by atoms with Crippen molar-refractivity contribution in [2.75, 3.05) is 49.5 Å². The van der Waals surface area contributed by atoms with Gasteiger partial charge >= 0.3 is 6.01 Å². The first kappa shape index (κ1) is 22.5. The molecule has 9 heteroatoms. The smallest absolute Gasteiger partial charge is 0.326 e. The maximum Gasteiger partial charge on any atom is 0.326 e. The standard InChI is InChI=1S/C25H28F2N6O/c1-4-32-5-7-33(8-6-32)23-13-22(29-21-11-16(3)14-28-21)30-25(31-23)34-20-12-19(26)17-9-15(2)10-18(17)24(20)27/h10-13H,4-9,14H2,1-3H3,(H,28,29,30,31). The molecule has 3 aliphatic rings. The lowest BCUT2D eigenvalue weighted by molar-refractivity contribution is 0.270. The van der Waals surface area contributed by atoms with Gasteiger partial charge in [0.05, 0.1) is 6.54 Å². The Morgan fingerprint density at radius 2 is 1.82 bits per heavy atom. The highest BCUT2D eigenvalue weighted by molar-refractivity contribution is 6.05. The summed E-state index contributed by atoms with van der Waals surface area (Å²) in [7, 11) is 0. The number of hydrogen-bond donors (Lipinski definition) is 1. The highest BCUT2D eigenvalue weighted by Crippen LogP contribution is 2.36. The number of allylic oxidation sites excluding steroid dienone is 1. The van der Waals surface area contributed by atoms with Crippen molar-refractivity contribution in [2.24, 2.45) is 4.99 Å². The van der Waals surface area contributed by atoms with E-state index < -0.39 is 11.6 Å². The Hall–Kier alpha value is -3.33. The van der Waals surface area contributed by atoms with Crippen molar-refractivity contribution in [3.05, 3.63) is 52.1 Å². The highest BCUT2D eigenvalue weighted by Gasteiger charge is 2.24. The summed E-state index contributed by atoms with van der Waals surface area (Å²) in [6.07, 6.45) is 4.01. The van der Waals surface area contributed by atoms with E-state index >= 15 is 4.39 Å². The maximum atomic E-state index is 15.2. The Morgan fingerprint density at radius 1 is 1.03 bits per heavy atom. The third kappa shape index (κ3) is 4.52. The number of halogens is 2. The summed E-state index contributed by atoms with van der Waals surface area (Å²) in [6.45, 7) is 11.1. The first-order chi connectivity index (χ1) is 16.4. The van der Waals surface area contributed by atoms with Gasteiger partial charge in [-0.3, -0.25) is 4.99 Å². The number of benzene rings is 1. The fraction of sp³-hybridized carbons (Fsp3) is 0.400. The number of aromatic nitrogens is 2. The van der Waals surface area contributed by atoms with Crippen LogP contribution in [0.2, 0.25) is 0 Å². The lowest BCUT2D eigenvalue weighted by Gasteiger charge is -2.34. The fourth-order valence-electron chi connectivity index (χ4n) is 4.46. The largest absolute Gasteiger partial charge is 0.421 e. The lowest BCUT2D eigenvalue weighted by Crippen LogP contribution is -2.46. The van der Waals surface area contributed by atoms with Gasteiger partial charge < -0.3 is 19.9 Å². The van der Waals surface area contributed by atoms with Crippen molar-refractivity contribution in [2.45, 2.75) is 27.2 Å². The molecule has 1 saturated heterocycles. The van der Waals surface area contributed by atoms with Gasteiger partial charge in [-0.05, 0) is 38.5 Å². The van der Waals surface area contributed by atoms with Crippen LogP contribution < -0.4 is 15.0 Å². The summed E-state index contributed by atoms with van der Waals surface area (Å²) in [5, 5.41) is 3.20. The van der Waals surface area contributed by atoms with Crippen LogP contribution >= 0.6 is 0 Å². The first-order valence-electron chi connectivity index (χ1n) is 11.6. The predicted molar refractivity (Wildman–Crippen MR) is 130 cm³/mol. The normalized spacial score (nSPS) is 17.9. The molecule has 5 rings (SSSR count). The Kier molecular flexibility index (Phi) is 6.03. The van der Waals surface area contributed by atoms with Crippen molar-refractivity contribution < 1.29 is 13.5 Å². The van der Waals surface area contributed by atoms with E-state index in [9.17, 15) is 4.39 Å². The lowest BCUT2D eigenvalue weighted by atomic mass is 10.1. The Morgan fingerprint density at radius 3 is 2.53 bits per heavy atom. The van der Waals surface area contributed by atoms with Crippen LogP contribution in [0.5, 0.6) is 11.8 Å². The minimum absolute atomic E-state index is 0.0471. The first-order valence-corrected chi connectivity index (χ1v) is 11.6. The molecule has 1 aromatic heterocycles. The van der Waals surface area contributed by atoms with Crippen molar-refractivity contribution >= 4 is 23.5 Å². The highest BCUT2D eigenvalue weighted by atomic mass is 19.1. The van der Waals surface area contributed by atoms with Gasteiger partial charge in [0.1, 0.15) is 23.3 Å². The average Bonchev–Trinajstić information content (AvgIpc) is 3.42. The van der Waals surface area contributed by atoms with Crippen LogP contribution in [0, 0.1) is 11.6 Å². The summed E-state index contributed by atoms with van der Waals surface area (Å²) in [5.41, 5.74) is 2.64. The van der Waals surface area contributed by atoms with Gasteiger partial charge in [0.15, 0.2) is 11.6 Å². The summed E-state index contributed by atoms with van der Waals surface area (Å²) in [6, 6.07) is 2.87. The number of aliphatic imine (C=N–C) groups is 1. The molecule has 1 aliphatic carbocycles. The molecule has 34 heavy (non-hydrogen) atoms. The van der Waals surface area contributed by atoms with Crippen LogP contribution in [-0.4, -0.2) is 60.0 Å². The molecule has 0 bridgehead atoms. The van der Waals surface area contributed by atoms with Gasteiger partial charge in [-0.2, -0.15) is 9.97 Å². The van der Waals surface area contributed by atoms with E-state index in [1.54, 1.807) is 6.08 Å². The number of hydrogen-bond acceptors (Lipinski definition) is 7. The molecule has 0 radical (unpaired) electrons. The van der Waals surface area contributed by atoms with Crippen LogP contribution in [0.3, 0.4) is 0 Å². The molecule has 2 aromatic rings. The Bertz CT molecular complexity index is 1210. The third-order valence-corrected chi connectivity index (χ3v) is 6.35. The van der Waals surface area contributed by atoms with E-state index in [1.807, 2.05) is 26.0 Å². The summed E-state index contributed by atoms with van der Waals surface area (Å²) < 4.78 is 35.6. The molecule has 1 aromatic carbocycles. The van der Waals surface area contributed by atoms with Gasteiger partial charge in [-0.25, -0.2) is 8.78 Å². The minimum Gasteiger partial charge on any atom is -0.421 e. The van der Waals surface area contributed by atoms with Crippen LogP contribution in [0.15, 0.2) is 34.3 Å². The third-order valence-electron chi connectivity index (χ3n) is 6.35. The molecule has 0 spiro atoms. The summed E-state index contributed by atoms with van der Waals surface area (Å²) in [5.74, 6) is 0.521. The van der Waals surface area contributed by atoms with E-state index in [0.717, 1.165) is 49.9 Å². The second-order valence-electron chi connectivity index (χ2n) is 8.96. The van der Waals surface area contributed by atoms with Crippen molar-refractivity contribution in [3.63, 3.8) is 0 Å². The molecule has 1 fully saturated rings. The number of nitrogens with zero attached hydrogens (tertiary/aromatic N) is 5. The minimum atomic E-state index is -0.605. The molecule has 0 saturated carbocycles. The van der Waals surface area contributed by atoms with E-state index in [0.29, 0.717) is 36.0 Å². The van der Waals surface area contributed by atoms with E-state index in [2.05, 4.69) is 37.0 Å². The van der Waals surface area contributed by atoms with E-state index in [4.69, 9.17) is 4.74 Å². The van der Waals surface area contributed by atoms with E-state index in [1.165, 1.54) is 0 Å². The van der Waals surface area contributed by atoms with Crippen LogP contribution in [-0.2, 0) is 6.42 Å². The summed E-state index contributed by atoms with van der Waals surface area (Å²) >= 11 is 0. The van der Waals surface area contributed by atoms with E-state index in [-0.39, 0.29) is 17.3 Å². The number of ether oxygens (including phenoxy) is 1. The maximum absolute atomic E-state index is 15.2. The molecule has 2 aliphatic heterocycles. The molecule has 0 atom stereocenters. The summed E-state index contributed by atoms with van der Waals surface area (Å²) in [4.78, 5) is 17.9. The molecular formula is C25H28F2N6O. The van der Waals surface area contributed by atoms with Gasteiger partial charge in [0.25, 0.3) is 0 Å². The zero-order chi connectivity index (χ0) is 23.8. The molecule has 0 amide bonds. The average molecular weight is 467 g/mol. The van der Waals surface area contributed by atoms with Gasteiger partial charge in [-0.1, -0.05) is 18.6 Å². The zero-order valence-corrected chi connectivity index (χ0v) is 19.7. The van der Waals surface area contributed by atoms with Gasteiger partial charge in [0.2, 0.25) is 0 Å². The van der Waals surface area contributed by atoms with Gasteiger partial charge in [-0.15, -0.1) is 0 Å². The van der Waals surface area contributed by atoms with Crippen molar-refractivity contribution in [1.82, 2.24) is 14.9 Å². The SMILES string of the molecule is CCN1CCN(c2cc(NC3=NCC(C)=C3)nc(Oc3cc(F)c4c(c3F)C=C(C)C4)n2)CC1.